The van der Waals surface area contributed by atoms with E-state index in [0.29, 0.717) is 13.2 Å². The van der Waals surface area contributed by atoms with Crippen LogP contribution in [0.25, 0.3) is 0 Å². The molecule has 4 saturated heterocycles. The summed E-state index contributed by atoms with van der Waals surface area (Å²) in [7, 11) is 0. The van der Waals surface area contributed by atoms with E-state index in [4.69, 9.17) is 37.9 Å². The lowest BCUT2D eigenvalue weighted by molar-refractivity contribution is -0.174. The highest BCUT2D eigenvalue weighted by Crippen LogP contribution is 2.38. The number of hydrogen-bond donors (Lipinski definition) is 0. The fraction of sp³-hybridized carbons (Fsp3) is 0.909. The van der Waals surface area contributed by atoms with Crippen molar-refractivity contribution in [3.63, 3.8) is 0 Å². The fourth-order valence-corrected chi connectivity index (χ4v) is 4.48. The quantitative estimate of drug-likeness (QED) is 0.633. The topological polar surface area (TPSA) is 73.8 Å². The zero-order valence-electron chi connectivity index (χ0n) is 19.3. The second kappa shape index (κ2) is 7.49. The Hall–Kier alpha value is -0.580. The van der Waals surface area contributed by atoms with Gasteiger partial charge in [-0.15, -0.1) is 0 Å². The molecule has 4 heterocycles. The number of rotatable bonds is 4. The molecule has 0 aromatic carbocycles. The molecule has 0 unspecified atom stereocenters. The first-order chi connectivity index (χ1) is 13.7. The molecule has 8 heteroatoms. The molecule has 172 valence electrons. The van der Waals surface area contributed by atoms with Gasteiger partial charge in [0.15, 0.2) is 23.1 Å². The summed E-state index contributed by atoms with van der Waals surface area (Å²) < 4.78 is 48.1. The first-order valence-corrected chi connectivity index (χ1v) is 10.8. The number of hydrogen-bond acceptors (Lipinski definition) is 8. The van der Waals surface area contributed by atoms with Crippen LogP contribution < -0.4 is 0 Å². The molecule has 0 aromatic heterocycles. The molecule has 8 nitrogen and oxygen atoms in total. The van der Waals surface area contributed by atoms with Gasteiger partial charge in [-0.25, -0.2) is 0 Å². The van der Waals surface area contributed by atoms with E-state index in [1.165, 1.54) is 0 Å². The smallest absolute Gasteiger partial charge is 0.164 e. The maximum atomic E-state index is 6.15. The molecule has 0 radical (unpaired) electrons. The molecule has 4 fully saturated rings. The Morgan fingerprint density at radius 3 is 1.17 bits per heavy atom. The average Bonchev–Trinajstić information content (AvgIpc) is 3.29. The van der Waals surface area contributed by atoms with Gasteiger partial charge in [0, 0.05) is 0 Å². The molecule has 0 amide bonds. The Balaban J connectivity index is 1.48. The van der Waals surface area contributed by atoms with Crippen LogP contribution in [0.15, 0.2) is 12.2 Å². The Morgan fingerprint density at radius 2 is 0.867 bits per heavy atom. The van der Waals surface area contributed by atoms with Crippen LogP contribution in [0.3, 0.4) is 0 Å². The molecule has 0 bridgehead atoms. The predicted molar refractivity (Wildman–Crippen MR) is 107 cm³/mol. The van der Waals surface area contributed by atoms with Gasteiger partial charge >= 0.3 is 0 Å². The van der Waals surface area contributed by atoms with E-state index in [0.717, 1.165) is 0 Å². The summed E-state index contributed by atoms with van der Waals surface area (Å²) in [6.45, 7) is 16.2. The summed E-state index contributed by atoms with van der Waals surface area (Å²) in [5.41, 5.74) is 0. The molecule has 4 rings (SSSR count). The van der Waals surface area contributed by atoms with E-state index in [2.05, 4.69) is 0 Å². The predicted octanol–water partition coefficient (Wildman–Crippen LogP) is 2.89. The summed E-state index contributed by atoms with van der Waals surface area (Å²) >= 11 is 0. The molecule has 0 aromatic rings. The van der Waals surface area contributed by atoms with Crippen molar-refractivity contribution >= 4 is 0 Å². The maximum Gasteiger partial charge on any atom is 0.164 e. The van der Waals surface area contributed by atoms with Crippen molar-refractivity contribution in [1.29, 1.82) is 0 Å². The fourth-order valence-electron chi connectivity index (χ4n) is 4.48. The van der Waals surface area contributed by atoms with Crippen LogP contribution in [0.1, 0.15) is 55.4 Å². The van der Waals surface area contributed by atoms with Crippen LogP contribution in [0.4, 0.5) is 0 Å². The highest BCUT2D eigenvalue weighted by molar-refractivity contribution is 5.08. The third kappa shape index (κ3) is 4.91. The standard InChI is InChI=1S/C22H36O8/c1-19(2)23-11-15(27-19)17-13(25-21(5,6)29-17)9-10-14-18(30-22(7,8)26-14)16-12-24-20(3,4)28-16/h9-10,13-18H,11-12H2,1-8H3/b10-9+/t13-,14-,15-,16-,17+,18+/m1/s1. The van der Waals surface area contributed by atoms with Crippen LogP contribution in [-0.4, -0.2) is 73.0 Å². The molecule has 6 atom stereocenters. The van der Waals surface area contributed by atoms with E-state index in [1.807, 2.05) is 67.5 Å². The van der Waals surface area contributed by atoms with Crippen LogP contribution in [0.2, 0.25) is 0 Å². The van der Waals surface area contributed by atoms with Gasteiger partial charge in [-0.2, -0.15) is 0 Å². The second-order valence-corrected chi connectivity index (χ2v) is 10.2. The molecule has 0 saturated carbocycles. The average molecular weight is 429 g/mol. The highest BCUT2D eigenvalue weighted by atomic mass is 16.8. The van der Waals surface area contributed by atoms with Crippen molar-refractivity contribution in [2.45, 2.75) is 115 Å². The van der Waals surface area contributed by atoms with Gasteiger partial charge in [-0.3, -0.25) is 0 Å². The first kappa shape index (κ1) is 22.6. The van der Waals surface area contributed by atoms with Gasteiger partial charge < -0.3 is 37.9 Å². The summed E-state index contributed by atoms with van der Waals surface area (Å²) in [4.78, 5) is 0. The highest BCUT2D eigenvalue weighted by Gasteiger charge is 2.51. The second-order valence-electron chi connectivity index (χ2n) is 10.2. The molecule has 0 aliphatic carbocycles. The normalized spacial score (nSPS) is 44.3. The Labute approximate surface area is 179 Å². The SMILES string of the molecule is CC1(C)O[C@H]([C@H]2COC(C)(C)O2)[C@@H](/C=C/[C@H]2OC(C)(C)O[C@@H]2[C@H]2COC(C)(C)O2)O1. The summed E-state index contributed by atoms with van der Waals surface area (Å²) in [6.07, 6.45) is 2.39. The van der Waals surface area contributed by atoms with Crippen molar-refractivity contribution in [2.75, 3.05) is 13.2 Å². The molecular weight excluding hydrogens is 392 g/mol. The van der Waals surface area contributed by atoms with E-state index in [1.54, 1.807) is 0 Å². The van der Waals surface area contributed by atoms with E-state index in [-0.39, 0.29) is 36.6 Å². The van der Waals surface area contributed by atoms with Crippen molar-refractivity contribution in [3.05, 3.63) is 12.2 Å². The van der Waals surface area contributed by atoms with E-state index >= 15 is 0 Å². The van der Waals surface area contributed by atoms with Gasteiger partial charge in [0.25, 0.3) is 0 Å². The van der Waals surface area contributed by atoms with Crippen molar-refractivity contribution < 1.29 is 37.9 Å². The minimum Gasteiger partial charge on any atom is -0.348 e. The van der Waals surface area contributed by atoms with Crippen molar-refractivity contribution in [1.82, 2.24) is 0 Å². The summed E-state index contributed by atoms with van der Waals surface area (Å²) in [5, 5.41) is 0. The molecular formula is C22H36O8. The van der Waals surface area contributed by atoms with Crippen LogP contribution in [-0.2, 0) is 37.9 Å². The van der Waals surface area contributed by atoms with E-state index in [9.17, 15) is 0 Å². The van der Waals surface area contributed by atoms with Crippen LogP contribution in [0.5, 0.6) is 0 Å². The Kier molecular flexibility index (Phi) is 5.64. The van der Waals surface area contributed by atoms with Crippen molar-refractivity contribution in [3.8, 4) is 0 Å². The lowest BCUT2D eigenvalue weighted by Gasteiger charge is -2.24. The van der Waals surface area contributed by atoms with Gasteiger partial charge in [0.05, 0.1) is 13.2 Å². The zero-order valence-corrected chi connectivity index (χ0v) is 19.3. The maximum absolute atomic E-state index is 6.15. The largest absolute Gasteiger partial charge is 0.348 e. The molecule has 0 spiro atoms. The van der Waals surface area contributed by atoms with Gasteiger partial charge in [0.2, 0.25) is 0 Å². The Bertz CT molecular complexity index is 614. The van der Waals surface area contributed by atoms with Gasteiger partial charge in [-0.1, -0.05) is 12.2 Å². The van der Waals surface area contributed by atoms with Crippen LogP contribution >= 0.6 is 0 Å². The van der Waals surface area contributed by atoms with Crippen LogP contribution in [0, 0.1) is 0 Å². The lowest BCUT2D eigenvalue weighted by Crippen LogP contribution is -2.39. The molecule has 4 aliphatic rings. The third-order valence-electron chi connectivity index (χ3n) is 5.61. The Morgan fingerprint density at radius 1 is 0.500 bits per heavy atom. The minimum atomic E-state index is -0.714. The minimum absolute atomic E-state index is 0.211. The molecule has 30 heavy (non-hydrogen) atoms. The number of ether oxygens (including phenoxy) is 8. The lowest BCUT2D eigenvalue weighted by atomic mass is 10.0. The summed E-state index contributed by atoms with van der Waals surface area (Å²) in [5.74, 6) is -2.68. The van der Waals surface area contributed by atoms with Gasteiger partial charge in [0.1, 0.15) is 36.6 Å². The first-order valence-electron chi connectivity index (χ1n) is 10.8. The monoisotopic (exact) mass is 428 g/mol. The van der Waals surface area contributed by atoms with Crippen molar-refractivity contribution in [2.24, 2.45) is 0 Å². The van der Waals surface area contributed by atoms with E-state index < -0.39 is 23.1 Å². The summed E-state index contributed by atoms with van der Waals surface area (Å²) in [6, 6.07) is 0. The zero-order chi connectivity index (χ0) is 21.9. The third-order valence-corrected chi connectivity index (χ3v) is 5.61. The molecule has 4 aliphatic heterocycles. The molecule has 0 N–H and O–H groups in total. The van der Waals surface area contributed by atoms with Gasteiger partial charge in [-0.05, 0) is 55.4 Å².